The van der Waals surface area contributed by atoms with E-state index in [2.05, 4.69) is 31.1 Å². The topological polar surface area (TPSA) is 42.0 Å². The Morgan fingerprint density at radius 3 is 2.29 bits per heavy atom. The van der Waals surface area contributed by atoms with E-state index in [1.54, 1.807) is 6.20 Å². The Bertz CT molecular complexity index is 642. The molecule has 0 aliphatic carbocycles. The van der Waals surface area contributed by atoms with E-state index in [1.165, 1.54) is 0 Å². The van der Waals surface area contributed by atoms with Gasteiger partial charge in [0, 0.05) is 17.1 Å². The summed E-state index contributed by atoms with van der Waals surface area (Å²) in [6.07, 6.45) is 4.28. The first-order chi connectivity index (χ1) is 10.1. The molecule has 0 fully saturated rings. The van der Waals surface area contributed by atoms with E-state index in [9.17, 15) is 4.79 Å². The van der Waals surface area contributed by atoms with Crippen LogP contribution in [0.5, 0.6) is 0 Å². The molecule has 3 nitrogen and oxygen atoms in total. The van der Waals surface area contributed by atoms with Gasteiger partial charge in [0.05, 0.1) is 5.56 Å². The SMILES string of the molecule is CCC(CC)(CC)NC(=O)c1cnc(Cl)c2ccccc12. The second kappa shape index (κ2) is 6.44. The van der Waals surface area contributed by atoms with Crippen LogP contribution < -0.4 is 5.32 Å². The molecule has 0 saturated carbocycles. The molecule has 1 aromatic carbocycles. The van der Waals surface area contributed by atoms with Gasteiger partial charge < -0.3 is 5.32 Å². The molecule has 2 rings (SSSR count). The first kappa shape index (κ1) is 15.8. The van der Waals surface area contributed by atoms with E-state index < -0.39 is 0 Å². The van der Waals surface area contributed by atoms with Crippen LogP contribution in [0, 0.1) is 0 Å². The highest BCUT2D eigenvalue weighted by Crippen LogP contribution is 2.26. The zero-order chi connectivity index (χ0) is 15.5. The average molecular weight is 305 g/mol. The van der Waals surface area contributed by atoms with Crippen molar-refractivity contribution in [2.24, 2.45) is 0 Å². The number of rotatable bonds is 5. The van der Waals surface area contributed by atoms with Crippen LogP contribution in [0.15, 0.2) is 30.5 Å². The van der Waals surface area contributed by atoms with E-state index in [0.29, 0.717) is 10.7 Å². The minimum absolute atomic E-state index is 0.0825. The molecule has 1 heterocycles. The number of amides is 1. The summed E-state index contributed by atoms with van der Waals surface area (Å²) in [5, 5.41) is 5.26. The van der Waals surface area contributed by atoms with Crippen molar-refractivity contribution < 1.29 is 4.79 Å². The van der Waals surface area contributed by atoms with Crippen LogP contribution in [-0.2, 0) is 0 Å². The number of benzene rings is 1. The lowest BCUT2D eigenvalue weighted by Gasteiger charge is -2.32. The number of hydrogen-bond acceptors (Lipinski definition) is 2. The van der Waals surface area contributed by atoms with Crippen LogP contribution in [0.1, 0.15) is 50.4 Å². The molecule has 0 aliphatic heterocycles. The molecular formula is C17H21ClN2O. The number of fused-ring (bicyclic) bond motifs is 1. The summed E-state index contributed by atoms with van der Waals surface area (Å²) in [5.41, 5.74) is 0.424. The van der Waals surface area contributed by atoms with Gasteiger partial charge in [-0.15, -0.1) is 0 Å². The van der Waals surface area contributed by atoms with Crippen molar-refractivity contribution in [2.45, 2.75) is 45.6 Å². The van der Waals surface area contributed by atoms with Gasteiger partial charge in [0.15, 0.2) is 0 Å². The van der Waals surface area contributed by atoms with Crippen LogP contribution >= 0.6 is 11.6 Å². The Hall–Kier alpha value is -1.61. The van der Waals surface area contributed by atoms with Gasteiger partial charge in [0.25, 0.3) is 5.91 Å². The zero-order valence-corrected chi connectivity index (χ0v) is 13.5. The number of nitrogens with one attached hydrogen (secondary N) is 1. The first-order valence-electron chi connectivity index (χ1n) is 7.42. The first-order valence-corrected chi connectivity index (χ1v) is 7.80. The summed E-state index contributed by atoms with van der Waals surface area (Å²) >= 11 is 6.11. The third-order valence-corrected chi connectivity index (χ3v) is 4.70. The van der Waals surface area contributed by atoms with Gasteiger partial charge in [0.1, 0.15) is 5.15 Å². The molecule has 112 valence electrons. The summed E-state index contributed by atoms with van der Waals surface area (Å²) in [6, 6.07) is 7.59. The number of pyridine rings is 1. The predicted molar refractivity (Wildman–Crippen MR) is 87.8 cm³/mol. The van der Waals surface area contributed by atoms with Crippen molar-refractivity contribution in [1.82, 2.24) is 10.3 Å². The van der Waals surface area contributed by atoms with Gasteiger partial charge in [-0.25, -0.2) is 4.98 Å². The third kappa shape index (κ3) is 3.03. The molecule has 1 amide bonds. The van der Waals surface area contributed by atoms with Gasteiger partial charge in [-0.3, -0.25) is 4.79 Å². The molecule has 0 unspecified atom stereocenters. The summed E-state index contributed by atoms with van der Waals surface area (Å²) in [5.74, 6) is -0.0825. The van der Waals surface area contributed by atoms with Crippen molar-refractivity contribution in [1.29, 1.82) is 0 Å². The molecule has 0 radical (unpaired) electrons. The van der Waals surface area contributed by atoms with E-state index in [0.717, 1.165) is 30.0 Å². The molecule has 0 atom stereocenters. The van der Waals surface area contributed by atoms with Crippen molar-refractivity contribution >= 4 is 28.3 Å². The van der Waals surface area contributed by atoms with Crippen LogP contribution in [0.2, 0.25) is 5.15 Å². The smallest absolute Gasteiger partial charge is 0.253 e. The molecular weight excluding hydrogens is 284 g/mol. The van der Waals surface area contributed by atoms with E-state index in [4.69, 9.17) is 11.6 Å². The fraction of sp³-hybridized carbons (Fsp3) is 0.412. The van der Waals surface area contributed by atoms with Gasteiger partial charge in [0.2, 0.25) is 0 Å². The maximum atomic E-state index is 12.7. The Balaban J connectivity index is 2.43. The van der Waals surface area contributed by atoms with Gasteiger partial charge in [-0.05, 0) is 24.6 Å². The van der Waals surface area contributed by atoms with Crippen LogP contribution in [0.4, 0.5) is 0 Å². The van der Waals surface area contributed by atoms with E-state index in [1.807, 2.05) is 24.3 Å². The molecule has 4 heteroatoms. The predicted octanol–water partition coefficient (Wildman–Crippen LogP) is 4.59. The monoisotopic (exact) mass is 304 g/mol. The summed E-state index contributed by atoms with van der Waals surface area (Å²) in [7, 11) is 0. The van der Waals surface area contributed by atoms with Gasteiger partial charge in [-0.2, -0.15) is 0 Å². The number of nitrogens with zero attached hydrogens (tertiary/aromatic N) is 1. The molecule has 0 spiro atoms. The lowest BCUT2D eigenvalue weighted by Crippen LogP contribution is -2.47. The highest BCUT2D eigenvalue weighted by atomic mass is 35.5. The van der Waals surface area contributed by atoms with Gasteiger partial charge >= 0.3 is 0 Å². The Morgan fingerprint density at radius 2 is 1.71 bits per heavy atom. The molecule has 1 N–H and O–H groups in total. The second-order valence-electron chi connectivity index (χ2n) is 5.30. The number of carbonyl (C=O) groups is 1. The van der Waals surface area contributed by atoms with Crippen LogP contribution in [-0.4, -0.2) is 16.4 Å². The number of halogens is 1. The van der Waals surface area contributed by atoms with Gasteiger partial charge in [-0.1, -0.05) is 56.6 Å². The van der Waals surface area contributed by atoms with Crippen LogP contribution in [0.25, 0.3) is 10.8 Å². The highest BCUT2D eigenvalue weighted by molar-refractivity contribution is 6.34. The Labute approximate surface area is 130 Å². The van der Waals surface area contributed by atoms with Crippen molar-refractivity contribution in [3.8, 4) is 0 Å². The summed E-state index contributed by atoms with van der Waals surface area (Å²) in [4.78, 5) is 16.8. The van der Waals surface area contributed by atoms with Crippen LogP contribution in [0.3, 0.4) is 0 Å². The zero-order valence-electron chi connectivity index (χ0n) is 12.7. The summed E-state index contributed by atoms with van der Waals surface area (Å²) < 4.78 is 0. The average Bonchev–Trinajstić information content (AvgIpc) is 2.53. The molecule has 2 aromatic rings. The lowest BCUT2D eigenvalue weighted by atomic mass is 9.89. The molecule has 0 bridgehead atoms. The number of hydrogen-bond donors (Lipinski definition) is 1. The quantitative estimate of drug-likeness (QED) is 0.821. The van der Waals surface area contributed by atoms with Crippen molar-refractivity contribution in [3.05, 3.63) is 41.2 Å². The minimum Gasteiger partial charge on any atom is -0.347 e. The van der Waals surface area contributed by atoms with E-state index >= 15 is 0 Å². The molecule has 0 saturated heterocycles. The fourth-order valence-corrected chi connectivity index (χ4v) is 2.88. The van der Waals surface area contributed by atoms with Crippen molar-refractivity contribution in [3.63, 3.8) is 0 Å². The second-order valence-corrected chi connectivity index (χ2v) is 5.66. The largest absolute Gasteiger partial charge is 0.347 e. The Morgan fingerprint density at radius 1 is 1.14 bits per heavy atom. The number of carbonyl (C=O) groups excluding carboxylic acids is 1. The standard InChI is InChI=1S/C17H21ClN2O/c1-4-17(5-2,6-3)20-16(21)14-11-19-15(18)13-10-8-7-9-12(13)14/h7-11H,4-6H2,1-3H3,(H,20,21). The lowest BCUT2D eigenvalue weighted by molar-refractivity contribution is 0.0889. The maximum Gasteiger partial charge on any atom is 0.253 e. The Kier molecular flexibility index (Phi) is 4.84. The summed E-state index contributed by atoms with van der Waals surface area (Å²) in [6.45, 7) is 6.31. The maximum absolute atomic E-state index is 12.7. The normalized spacial score (nSPS) is 11.6. The fourth-order valence-electron chi connectivity index (χ4n) is 2.66. The third-order valence-electron chi connectivity index (χ3n) is 4.40. The number of aromatic nitrogens is 1. The highest BCUT2D eigenvalue weighted by Gasteiger charge is 2.27. The molecule has 0 aliphatic rings. The van der Waals surface area contributed by atoms with Crippen molar-refractivity contribution in [2.75, 3.05) is 0 Å². The minimum atomic E-state index is -0.155. The molecule has 1 aromatic heterocycles. The van der Waals surface area contributed by atoms with E-state index in [-0.39, 0.29) is 11.4 Å². The molecule has 21 heavy (non-hydrogen) atoms.